The van der Waals surface area contributed by atoms with Gasteiger partial charge in [-0.25, -0.2) is 9.59 Å². The van der Waals surface area contributed by atoms with E-state index in [0.717, 1.165) is 49.7 Å². The molecule has 0 atom stereocenters. The Morgan fingerprint density at radius 1 is 0.548 bits per heavy atom. The number of alkyl carbamates (subject to hydrolysis) is 2. The fraction of sp³-hybridized carbons (Fsp3) is 0.500. The Kier molecular flexibility index (Phi) is 14.8. The first kappa shape index (κ1) is 32.4. The zero-order valence-corrected chi connectivity index (χ0v) is 24.4. The molecule has 0 spiro atoms. The Morgan fingerprint density at radius 2 is 0.929 bits per heavy atom. The quantitative estimate of drug-likeness (QED) is 0.280. The van der Waals surface area contributed by atoms with E-state index in [1.807, 2.05) is 70.5 Å². The van der Waals surface area contributed by atoms with Crippen molar-refractivity contribution in [3.63, 3.8) is 0 Å². The third-order valence-electron chi connectivity index (χ3n) is 7.08. The second kappa shape index (κ2) is 19.1. The van der Waals surface area contributed by atoms with Gasteiger partial charge in [-0.2, -0.15) is 0 Å². The van der Waals surface area contributed by atoms with Crippen LogP contribution in [-0.2, 0) is 32.3 Å². The molecule has 0 unspecified atom stereocenters. The van der Waals surface area contributed by atoms with E-state index in [0.29, 0.717) is 52.1 Å². The van der Waals surface area contributed by atoms with Crippen molar-refractivity contribution in [1.29, 1.82) is 0 Å². The highest BCUT2D eigenvalue weighted by Crippen LogP contribution is 2.10. The lowest BCUT2D eigenvalue weighted by atomic mass is 10.1. The van der Waals surface area contributed by atoms with E-state index in [2.05, 4.69) is 10.6 Å². The minimum Gasteiger partial charge on any atom is -0.445 e. The van der Waals surface area contributed by atoms with Crippen molar-refractivity contribution in [2.75, 3.05) is 39.3 Å². The summed E-state index contributed by atoms with van der Waals surface area (Å²) in [5, 5.41) is 5.49. The molecular formula is C32H44N4O6. The van der Waals surface area contributed by atoms with Gasteiger partial charge in [0.1, 0.15) is 13.2 Å². The van der Waals surface area contributed by atoms with Crippen molar-refractivity contribution in [3.05, 3.63) is 71.8 Å². The van der Waals surface area contributed by atoms with Crippen molar-refractivity contribution in [2.45, 2.75) is 64.6 Å². The molecule has 2 aromatic carbocycles. The molecule has 2 aromatic rings. The normalized spacial score (nSPS) is 12.9. The summed E-state index contributed by atoms with van der Waals surface area (Å²) in [4.78, 5) is 52.4. The van der Waals surface area contributed by atoms with Crippen LogP contribution in [0.25, 0.3) is 0 Å². The van der Waals surface area contributed by atoms with Gasteiger partial charge in [-0.1, -0.05) is 73.5 Å². The number of unbranched alkanes of at least 4 members (excludes halogenated alkanes) is 4. The number of carbonyl (C=O) groups excluding carboxylic acids is 4. The van der Waals surface area contributed by atoms with Gasteiger partial charge in [0, 0.05) is 52.1 Å². The van der Waals surface area contributed by atoms with Crippen molar-refractivity contribution in [2.24, 2.45) is 0 Å². The predicted octanol–water partition coefficient (Wildman–Crippen LogP) is 4.63. The van der Waals surface area contributed by atoms with Gasteiger partial charge >= 0.3 is 12.2 Å². The van der Waals surface area contributed by atoms with Gasteiger partial charge in [-0.05, 0) is 36.8 Å². The summed E-state index contributed by atoms with van der Waals surface area (Å²) in [5.41, 5.74) is 1.88. The lowest BCUT2D eigenvalue weighted by Gasteiger charge is -2.35. The summed E-state index contributed by atoms with van der Waals surface area (Å²) in [6.07, 6.45) is 4.85. The molecule has 10 nitrogen and oxygen atoms in total. The minimum absolute atomic E-state index is 0.118. The summed E-state index contributed by atoms with van der Waals surface area (Å²) >= 11 is 0. The molecule has 0 bridgehead atoms. The molecule has 1 aliphatic heterocycles. The van der Waals surface area contributed by atoms with E-state index in [1.165, 1.54) is 0 Å². The summed E-state index contributed by atoms with van der Waals surface area (Å²) in [7, 11) is 0. The summed E-state index contributed by atoms with van der Waals surface area (Å²) in [6, 6.07) is 19.0. The Morgan fingerprint density at radius 3 is 1.31 bits per heavy atom. The van der Waals surface area contributed by atoms with Gasteiger partial charge < -0.3 is 29.9 Å². The third-order valence-corrected chi connectivity index (χ3v) is 7.08. The first-order valence-corrected chi connectivity index (χ1v) is 15.0. The maximum absolute atomic E-state index is 12.6. The van der Waals surface area contributed by atoms with Crippen molar-refractivity contribution in [3.8, 4) is 0 Å². The number of ether oxygens (including phenoxy) is 2. The number of hydrogen-bond donors (Lipinski definition) is 2. The van der Waals surface area contributed by atoms with Crippen molar-refractivity contribution >= 4 is 24.0 Å². The molecule has 228 valence electrons. The highest BCUT2D eigenvalue weighted by molar-refractivity contribution is 5.78. The van der Waals surface area contributed by atoms with E-state index in [-0.39, 0.29) is 25.0 Å². The predicted molar refractivity (Wildman–Crippen MR) is 159 cm³/mol. The van der Waals surface area contributed by atoms with Gasteiger partial charge in [0.2, 0.25) is 11.8 Å². The standard InChI is InChI=1S/C32H44N4O6/c37-29(17-9-3-11-19-33-31(39)41-25-27-13-5-1-6-14-27)35-21-23-36(24-22-35)30(38)18-10-4-12-20-34-32(40)42-26-28-15-7-2-8-16-28/h1-2,5-8,13-16H,3-4,9-12,17-26H2,(H,33,39)(H,34,40). The molecule has 0 aliphatic carbocycles. The van der Waals surface area contributed by atoms with E-state index in [4.69, 9.17) is 9.47 Å². The molecule has 1 fully saturated rings. The zero-order chi connectivity index (χ0) is 29.8. The number of nitrogens with one attached hydrogen (secondary N) is 2. The van der Waals surface area contributed by atoms with Gasteiger partial charge in [-0.15, -0.1) is 0 Å². The SMILES string of the molecule is O=C(NCCCCCC(=O)N1CCN(C(=O)CCCCCNC(=O)OCc2ccccc2)CC1)OCc1ccccc1. The lowest BCUT2D eigenvalue weighted by Crippen LogP contribution is -2.50. The minimum atomic E-state index is -0.434. The summed E-state index contributed by atoms with van der Waals surface area (Å²) in [5.74, 6) is 0.235. The number of amides is 4. The Hall–Kier alpha value is -4.08. The summed E-state index contributed by atoms with van der Waals surface area (Å²) in [6.45, 7) is 3.77. The number of nitrogens with zero attached hydrogens (tertiary/aromatic N) is 2. The Labute approximate surface area is 248 Å². The highest BCUT2D eigenvalue weighted by atomic mass is 16.6. The number of hydrogen-bond acceptors (Lipinski definition) is 6. The molecule has 0 radical (unpaired) electrons. The molecule has 0 saturated carbocycles. The molecule has 1 saturated heterocycles. The molecule has 10 heteroatoms. The second-order valence-electron chi connectivity index (χ2n) is 10.4. The Balaban J connectivity index is 1.13. The van der Waals surface area contributed by atoms with Gasteiger partial charge in [-0.3, -0.25) is 9.59 Å². The molecule has 4 amide bonds. The average Bonchev–Trinajstić information content (AvgIpc) is 3.03. The summed E-state index contributed by atoms with van der Waals surface area (Å²) < 4.78 is 10.4. The van der Waals surface area contributed by atoms with E-state index < -0.39 is 12.2 Å². The van der Waals surface area contributed by atoms with Crippen LogP contribution in [0.2, 0.25) is 0 Å². The second-order valence-corrected chi connectivity index (χ2v) is 10.4. The van der Waals surface area contributed by atoms with Crippen LogP contribution < -0.4 is 10.6 Å². The Bertz CT molecular complexity index is 1000. The average molecular weight is 581 g/mol. The molecule has 1 heterocycles. The first-order valence-electron chi connectivity index (χ1n) is 15.0. The fourth-order valence-electron chi connectivity index (χ4n) is 4.61. The van der Waals surface area contributed by atoms with Crippen LogP contribution in [-0.4, -0.2) is 73.1 Å². The highest BCUT2D eigenvalue weighted by Gasteiger charge is 2.23. The zero-order valence-electron chi connectivity index (χ0n) is 24.4. The van der Waals surface area contributed by atoms with Crippen LogP contribution in [0.3, 0.4) is 0 Å². The van der Waals surface area contributed by atoms with Crippen molar-refractivity contribution in [1.82, 2.24) is 20.4 Å². The maximum atomic E-state index is 12.6. The molecule has 1 aliphatic rings. The molecule has 3 rings (SSSR count). The van der Waals surface area contributed by atoms with Crippen LogP contribution in [0, 0.1) is 0 Å². The number of carbonyl (C=O) groups is 4. The lowest BCUT2D eigenvalue weighted by molar-refractivity contribution is -0.139. The molecule has 0 aromatic heterocycles. The number of piperazine rings is 1. The van der Waals surface area contributed by atoms with E-state index >= 15 is 0 Å². The molecular weight excluding hydrogens is 536 g/mol. The monoisotopic (exact) mass is 580 g/mol. The van der Waals surface area contributed by atoms with Crippen LogP contribution in [0.1, 0.15) is 62.5 Å². The van der Waals surface area contributed by atoms with E-state index in [1.54, 1.807) is 0 Å². The molecule has 42 heavy (non-hydrogen) atoms. The fourth-order valence-corrected chi connectivity index (χ4v) is 4.61. The van der Waals surface area contributed by atoms with Crippen LogP contribution in [0.5, 0.6) is 0 Å². The van der Waals surface area contributed by atoms with Crippen LogP contribution >= 0.6 is 0 Å². The third kappa shape index (κ3) is 13.1. The van der Waals surface area contributed by atoms with E-state index in [9.17, 15) is 19.2 Å². The van der Waals surface area contributed by atoms with Gasteiger partial charge in [0.25, 0.3) is 0 Å². The van der Waals surface area contributed by atoms with Gasteiger partial charge in [0.15, 0.2) is 0 Å². The smallest absolute Gasteiger partial charge is 0.407 e. The van der Waals surface area contributed by atoms with Gasteiger partial charge in [0.05, 0.1) is 0 Å². The van der Waals surface area contributed by atoms with Crippen molar-refractivity contribution < 1.29 is 28.7 Å². The first-order chi connectivity index (χ1) is 20.5. The number of rotatable bonds is 16. The van der Waals surface area contributed by atoms with Crippen LogP contribution in [0.15, 0.2) is 60.7 Å². The topological polar surface area (TPSA) is 117 Å². The molecule has 2 N–H and O–H groups in total. The largest absolute Gasteiger partial charge is 0.445 e. The maximum Gasteiger partial charge on any atom is 0.407 e. The number of benzene rings is 2. The van der Waals surface area contributed by atoms with Crippen LogP contribution in [0.4, 0.5) is 9.59 Å².